The Morgan fingerprint density at radius 2 is 1.86 bits per heavy atom. The van der Waals surface area contributed by atoms with Gasteiger partial charge in [0.15, 0.2) is 0 Å². The van der Waals surface area contributed by atoms with Gasteiger partial charge in [-0.2, -0.15) is 0 Å². The van der Waals surface area contributed by atoms with Crippen molar-refractivity contribution < 1.29 is 13.2 Å². The van der Waals surface area contributed by atoms with E-state index in [9.17, 15) is 13.2 Å². The van der Waals surface area contributed by atoms with Crippen molar-refractivity contribution in [3.8, 4) is 0 Å². The van der Waals surface area contributed by atoms with Crippen molar-refractivity contribution in [1.29, 1.82) is 0 Å². The molecule has 1 aromatic heterocycles. The number of amides is 1. The second kappa shape index (κ2) is 10.7. The molecule has 0 saturated heterocycles. The van der Waals surface area contributed by atoms with Crippen molar-refractivity contribution in [2.45, 2.75) is 38.1 Å². The number of carbonyl (C=O) groups is 1. The molecule has 8 heteroatoms. The van der Waals surface area contributed by atoms with Crippen LogP contribution in [0.15, 0.2) is 46.7 Å². The summed E-state index contributed by atoms with van der Waals surface area (Å²) < 4.78 is 27.3. The summed E-state index contributed by atoms with van der Waals surface area (Å²) >= 11 is 1.60. The lowest BCUT2D eigenvalue weighted by Crippen LogP contribution is -2.38. The van der Waals surface area contributed by atoms with Crippen LogP contribution < -0.4 is 10.0 Å². The zero-order chi connectivity index (χ0) is 20.6. The Morgan fingerprint density at radius 1 is 1.14 bits per heavy atom. The van der Waals surface area contributed by atoms with Crippen LogP contribution in [-0.4, -0.2) is 51.4 Å². The van der Waals surface area contributed by atoms with Gasteiger partial charge in [-0.05, 0) is 62.5 Å². The van der Waals surface area contributed by atoms with Crippen molar-refractivity contribution in [2.24, 2.45) is 0 Å². The fourth-order valence-corrected chi connectivity index (χ4v) is 4.57. The molecule has 2 N–H and O–H groups in total. The highest BCUT2D eigenvalue weighted by Crippen LogP contribution is 2.12. The number of nitrogens with zero attached hydrogens (tertiary/aromatic N) is 1. The quantitative estimate of drug-likeness (QED) is 0.583. The van der Waals surface area contributed by atoms with Gasteiger partial charge < -0.3 is 5.32 Å². The van der Waals surface area contributed by atoms with Crippen LogP contribution >= 0.6 is 11.3 Å². The van der Waals surface area contributed by atoms with Crippen LogP contribution in [0.4, 0.5) is 0 Å². The first kappa shape index (κ1) is 22.5. The van der Waals surface area contributed by atoms with Gasteiger partial charge in [0, 0.05) is 36.1 Å². The second-order valence-corrected chi connectivity index (χ2v) is 9.53. The summed E-state index contributed by atoms with van der Waals surface area (Å²) in [6, 6.07) is 10.4. The maximum Gasteiger partial charge on any atom is 0.251 e. The fourth-order valence-electron chi connectivity index (χ4n) is 2.83. The highest BCUT2D eigenvalue weighted by Gasteiger charge is 2.15. The molecule has 2 aromatic rings. The molecule has 0 fully saturated rings. The minimum atomic E-state index is -3.58. The lowest BCUT2D eigenvalue weighted by molar-refractivity contribution is 0.0946. The number of carbonyl (C=O) groups excluding carboxylic acids is 1. The molecule has 154 valence electrons. The van der Waals surface area contributed by atoms with Crippen LogP contribution in [0.1, 0.15) is 36.0 Å². The highest BCUT2D eigenvalue weighted by atomic mass is 32.2. The summed E-state index contributed by atoms with van der Waals surface area (Å²) in [6.45, 7) is 8.94. The Bertz CT molecular complexity index is 832. The number of rotatable bonds is 11. The fraction of sp³-hybridized carbons (Fsp3) is 0.450. The summed E-state index contributed by atoms with van der Waals surface area (Å²) in [7, 11) is -3.58. The molecule has 28 heavy (non-hydrogen) atoms. The summed E-state index contributed by atoms with van der Waals surface area (Å²) in [5.41, 5.74) is 0.449. The monoisotopic (exact) mass is 423 g/mol. The molecule has 0 aliphatic heterocycles. The predicted molar refractivity (Wildman–Crippen MR) is 114 cm³/mol. The number of hydrogen-bond donors (Lipinski definition) is 2. The largest absolute Gasteiger partial charge is 0.351 e. The van der Waals surface area contributed by atoms with Crippen LogP contribution in [-0.2, 0) is 16.4 Å². The molecule has 0 spiro atoms. The van der Waals surface area contributed by atoms with E-state index >= 15 is 0 Å². The van der Waals surface area contributed by atoms with Gasteiger partial charge in [-0.1, -0.05) is 13.0 Å². The molecule has 0 bridgehead atoms. The van der Waals surface area contributed by atoms with E-state index in [4.69, 9.17) is 0 Å². The topological polar surface area (TPSA) is 78.5 Å². The van der Waals surface area contributed by atoms with Gasteiger partial charge in [0.1, 0.15) is 0 Å². The molecular weight excluding hydrogens is 394 g/mol. The zero-order valence-electron chi connectivity index (χ0n) is 16.6. The maximum absolute atomic E-state index is 12.4. The van der Waals surface area contributed by atoms with Gasteiger partial charge in [-0.3, -0.25) is 9.69 Å². The molecule has 0 unspecified atom stereocenters. The van der Waals surface area contributed by atoms with Gasteiger partial charge in [0.25, 0.3) is 5.91 Å². The molecule has 1 aromatic carbocycles. The SMILES string of the molecule is CCN(CCNC(=O)c1ccc(S(=O)(=O)NCCc2cccs2)cc1)C(C)C. The molecule has 0 atom stereocenters. The normalized spacial score (nSPS) is 11.9. The lowest BCUT2D eigenvalue weighted by atomic mass is 10.2. The van der Waals surface area contributed by atoms with E-state index < -0.39 is 10.0 Å². The van der Waals surface area contributed by atoms with Gasteiger partial charge >= 0.3 is 0 Å². The van der Waals surface area contributed by atoms with Crippen LogP contribution in [0.3, 0.4) is 0 Å². The molecule has 1 amide bonds. The first-order valence-corrected chi connectivity index (χ1v) is 11.8. The Labute approximate surface area is 172 Å². The number of sulfonamides is 1. The smallest absolute Gasteiger partial charge is 0.251 e. The van der Waals surface area contributed by atoms with E-state index in [1.165, 1.54) is 12.1 Å². The van der Waals surface area contributed by atoms with Crippen molar-refractivity contribution in [1.82, 2.24) is 14.9 Å². The van der Waals surface area contributed by atoms with E-state index in [1.807, 2.05) is 17.5 Å². The van der Waals surface area contributed by atoms with E-state index in [0.717, 1.165) is 18.0 Å². The standard InChI is InChI=1S/C20H29N3O3S2/c1-4-23(16(2)3)14-13-21-20(24)17-7-9-19(10-8-17)28(25,26)22-12-11-18-6-5-15-27-18/h5-10,15-16,22H,4,11-14H2,1-3H3,(H,21,24). The van der Waals surface area contributed by atoms with E-state index in [0.29, 0.717) is 31.1 Å². The van der Waals surface area contributed by atoms with Crippen LogP contribution in [0.5, 0.6) is 0 Å². The van der Waals surface area contributed by atoms with Crippen LogP contribution in [0.2, 0.25) is 0 Å². The van der Waals surface area contributed by atoms with Gasteiger partial charge in [0.2, 0.25) is 10.0 Å². The first-order chi connectivity index (χ1) is 13.3. The summed E-state index contributed by atoms with van der Waals surface area (Å²) in [6.07, 6.45) is 0.655. The molecule has 6 nitrogen and oxygen atoms in total. The predicted octanol–water partition coefficient (Wildman–Crippen LogP) is 2.73. The first-order valence-electron chi connectivity index (χ1n) is 9.48. The number of thiophene rings is 1. The Kier molecular flexibility index (Phi) is 8.62. The van der Waals surface area contributed by atoms with E-state index in [1.54, 1.807) is 23.5 Å². The van der Waals surface area contributed by atoms with E-state index in [-0.39, 0.29) is 10.8 Å². The minimum Gasteiger partial charge on any atom is -0.351 e. The molecule has 0 saturated carbocycles. The maximum atomic E-state index is 12.4. The molecule has 0 aliphatic carbocycles. The summed E-state index contributed by atoms with van der Waals surface area (Å²) in [5.74, 6) is -0.200. The van der Waals surface area contributed by atoms with Crippen LogP contribution in [0, 0.1) is 0 Å². The van der Waals surface area contributed by atoms with E-state index in [2.05, 4.69) is 35.7 Å². The number of benzene rings is 1. The minimum absolute atomic E-state index is 0.159. The summed E-state index contributed by atoms with van der Waals surface area (Å²) in [4.78, 5) is 15.8. The van der Waals surface area contributed by atoms with Crippen molar-refractivity contribution >= 4 is 27.3 Å². The molecular formula is C20H29N3O3S2. The third kappa shape index (κ3) is 6.70. The molecule has 2 rings (SSSR count). The van der Waals surface area contributed by atoms with Crippen molar-refractivity contribution in [3.05, 3.63) is 52.2 Å². The number of nitrogens with one attached hydrogen (secondary N) is 2. The number of likely N-dealkylation sites (N-methyl/N-ethyl adjacent to an activating group) is 1. The average Bonchev–Trinajstić information content (AvgIpc) is 3.18. The third-order valence-corrected chi connectivity index (χ3v) is 6.90. The molecule has 1 heterocycles. The average molecular weight is 424 g/mol. The Hall–Kier alpha value is -1.74. The molecule has 0 aliphatic rings. The molecule has 0 radical (unpaired) electrons. The van der Waals surface area contributed by atoms with Crippen molar-refractivity contribution in [2.75, 3.05) is 26.2 Å². The van der Waals surface area contributed by atoms with Gasteiger partial charge in [0.05, 0.1) is 4.90 Å². The van der Waals surface area contributed by atoms with Crippen molar-refractivity contribution in [3.63, 3.8) is 0 Å². The lowest BCUT2D eigenvalue weighted by Gasteiger charge is -2.24. The zero-order valence-corrected chi connectivity index (χ0v) is 18.3. The second-order valence-electron chi connectivity index (χ2n) is 6.73. The third-order valence-electron chi connectivity index (χ3n) is 4.49. The summed E-state index contributed by atoms with van der Waals surface area (Å²) in [5, 5.41) is 4.85. The Balaban J connectivity index is 1.86. The number of hydrogen-bond acceptors (Lipinski definition) is 5. The van der Waals surface area contributed by atoms with Crippen LogP contribution in [0.25, 0.3) is 0 Å². The van der Waals surface area contributed by atoms with Gasteiger partial charge in [-0.15, -0.1) is 11.3 Å². The highest BCUT2D eigenvalue weighted by molar-refractivity contribution is 7.89. The van der Waals surface area contributed by atoms with Gasteiger partial charge in [-0.25, -0.2) is 13.1 Å². The Morgan fingerprint density at radius 3 is 2.43 bits per heavy atom.